The molecule has 0 saturated carbocycles. The van der Waals surface area contributed by atoms with Gasteiger partial charge in [0.1, 0.15) is 0 Å². The van der Waals surface area contributed by atoms with E-state index >= 15 is 0 Å². The Kier molecular flexibility index (Phi) is 6.23. The van der Waals surface area contributed by atoms with Crippen LogP contribution >= 0.6 is 15.9 Å². The number of halogens is 1. The highest BCUT2D eigenvalue weighted by atomic mass is 79.9. The summed E-state index contributed by atoms with van der Waals surface area (Å²) in [6.07, 6.45) is 0.240. The zero-order valence-electron chi connectivity index (χ0n) is 13.5. The number of hydrogen-bond donors (Lipinski definition) is 0. The lowest BCUT2D eigenvalue weighted by Gasteiger charge is -2.21. The molecule has 0 amide bonds. The van der Waals surface area contributed by atoms with Crippen LogP contribution in [0.1, 0.15) is 29.4 Å². The number of methoxy groups -OCH3 is 2. The van der Waals surface area contributed by atoms with E-state index in [4.69, 9.17) is 9.47 Å². The summed E-state index contributed by atoms with van der Waals surface area (Å²) >= 11 is 3.40. The van der Waals surface area contributed by atoms with Gasteiger partial charge in [0.2, 0.25) is 0 Å². The van der Waals surface area contributed by atoms with Gasteiger partial charge in [-0.05, 0) is 35.4 Å². The molecule has 0 aromatic heterocycles. The largest absolute Gasteiger partial charge is 0.493 e. The molecule has 122 valence electrons. The van der Waals surface area contributed by atoms with Crippen LogP contribution in [0.4, 0.5) is 0 Å². The zero-order chi connectivity index (χ0) is 17.5. The van der Waals surface area contributed by atoms with Crippen molar-refractivity contribution < 1.29 is 9.47 Å². The van der Waals surface area contributed by atoms with Gasteiger partial charge in [0.25, 0.3) is 0 Å². The first-order chi connectivity index (χ1) is 11.6. The Morgan fingerprint density at radius 3 is 2.12 bits per heavy atom. The molecule has 0 fully saturated rings. The molecule has 0 spiro atoms. The fourth-order valence-electron chi connectivity index (χ4n) is 2.68. The summed E-state index contributed by atoms with van der Waals surface area (Å²) in [5.74, 6) is 0.538. The number of hydrogen-bond acceptors (Lipinski definition) is 4. The van der Waals surface area contributed by atoms with Crippen LogP contribution in [0.25, 0.3) is 0 Å². The van der Waals surface area contributed by atoms with Gasteiger partial charge in [0.05, 0.1) is 32.3 Å². The van der Waals surface area contributed by atoms with E-state index in [1.807, 2.05) is 36.4 Å². The highest BCUT2D eigenvalue weighted by Crippen LogP contribution is 2.39. The molecule has 0 aliphatic carbocycles. The minimum Gasteiger partial charge on any atom is -0.493 e. The van der Waals surface area contributed by atoms with E-state index < -0.39 is 5.92 Å². The van der Waals surface area contributed by atoms with Crippen molar-refractivity contribution in [1.82, 2.24) is 0 Å². The van der Waals surface area contributed by atoms with E-state index in [2.05, 4.69) is 28.1 Å². The number of nitrogens with zero attached hydrogens (tertiary/aromatic N) is 2. The maximum absolute atomic E-state index is 9.71. The van der Waals surface area contributed by atoms with Gasteiger partial charge in [0, 0.05) is 16.8 Å². The van der Waals surface area contributed by atoms with Crippen molar-refractivity contribution in [3.05, 3.63) is 58.1 Å². The first-order valence-electron chi connectivity index (χ1n) is 7.38. The van der Waals surface area contributed by atoms with Gasteiger partial charge in [-0.25, -0.2) is 0 Å². The first-order valence-corrected chi connectivity index (χ1v) is 8.17. The van der Waals surface area contributed by atoms with E-state index in [9.17, 15) is 10.5 Å². The Labute approximate surface area is 150 Å². The van der Waals surface area contributed by atoms with Crippen LogP contribution in [0.5, 0.6) is 11.5 Å². The fourth-order valence-corrected chi connectivity index (χ4v) is 2.94. The Bertz CT molecular complexity index is 775. The van der Waals surface area contributed by atoms with Crippen molar-refractivity contribution in [3.63, 3.8) is 0 Å². The second-order valence-electron chi connectivity index (χ2n) is 5.24. The van der Waals surface area contributed by atoms with Crippen LogP contribution in [0.3, 0.4) is 0 Å². The Morgan fingerprint density at radius 2 is 1.58 bits per heavy atom. The maximum atomic E-state index is 9.71. The van der Waals surface area contributed by atoms with Gasteiger partial charge in [0.15, 0.2) is 11.5 Å². The molecule has 24 heavy (non-hydrogen) atoms. The molecule has 4 nitrogen and oxygen atoms in total. The lowest BCUT2D eigenvalue weighted by molar-refractivity contribution is 0.354. The molecule has 2 aromatic carbocycles. The first kappa shape index (κ1) is 17.8. The summed E-state index contributed by atoms with van der Waals surface area (Å²) in [4.78, 5) is 0. The molecule has 0 saturated heterocycles. The van der Waals surface area contributed by atoms with Crippen molar-refractivity contribution in [2.45, 2.75) is 18.3 Å². The third kappa shape index (κ3) is 3.88. The summed E-state index contributed by atoms with van der Waals surface area (Å²) in [5.41, 5.74) is 1.76. The SMILES string of the molecule is COc1ccc([C@@H](CC#N)[C@@H](C#N)c2ccc(Br)cc2)cc1OC. The average molecular weight is 385 g/mol. The number of rotatable bonds is 6. The Hall–Kier alpha value is -2.50. The topological polar surface area (TPSA) is 66.0 Å². The third-order valence-corrected chi connectivity index (χ3v) is 4.45. The minimum atomic E-state index is -0.421. The summed E-state index contributed by atoms with van der Waals surface area (Å²) in [6, 6.07) is 17.7. The molecule has 2 atom stereocenters. The van der Waals surface area contributed by atoms with Crippen molar-refractivity contribution in [2.24, 2.45) is 0 Å². The molecular formula is C19H17BrN2O2. The normalized spacial score (nSPS) is 12.5. The molecular weight excluding hydrogens is 368 g/mol. The van der Waals surface area contributed by atoms with Crippen LogP contribution in [0.2, 0.25) is 0 Å². The number of nitriles is 2. The van der Waals surface area contributed by atoms with Crippen LogP contribution in [0.15, 0.2) is 46.9 Å². The molecule has 0 unspecified atom stereocenters. The summed E-state index contributed by atoms with van der Waals surface area (Å²) in [6.45, 7) is 0. The molecule has 0 aliphatic rings. The van der Waals surface area contributed by atoms with E-state index in [0.29, 0.717) is 11.5 Å². The zero-order valence-corrected chi connectivity index (χ0v) is 15.1. The molecule has 0 bridgehead atoms. The lowest BCUT2D eigenvalue weighted by atomic mass is 9.80. The summed E-state index contributed by atoms with van der Waals surface area (Å²) in [7, 11) is 3.14. The highest BCUT2D eigenvalue weighted by Gasteiger charge is 2.26. The highest BCUT2D eigenvalue weighted by molar-refractivity contribution is 9.10. The fraction of sp³-hybridized carbons (Fsp3) is 0.263. The lowest BCUT2D eigenvalue weighted by Crippen LogP contribution is -2.10. The Balaban J connectivity index is 2.46. The summed E-state index contributed by atoms with van der Waals surface area (Å²) < 4.78 is 11.5. The summed E-state index contributed by atoms with van der Waals surface area (Å²) in [5, 5.41) is 18.9. The molecule has 5 heteroatoms. The second kappa shape index (κ2) is 8.38. The molecule has 0 N–H and O–H groups in total. The van der Waals surface area contributed by atoms with Crippen molar-refractivity contribution in [3.8, 4) is 23.6 Å². The van der Waals surface area contributed by atoms with Crippen LogP contribution in [0, 0.1) is 22.7 Å². The van der Waals surface area contributed by atoms with Gasteiger partial charge in [-0.15, -0.1) is 0 Å². The van der Waals surface area contributed by atoms with Gasteiger partial charge in [-0.2, -0.15) is 10.5 Å². The molecule has 0 aliphatic heterocycles. The molecule has 0 heterocycles. The number of ether oxygens (including phenoxy) is 2. The van der Waals surface area contributed by atoms with E-state index in [0.717, 1.165) is 15.6 Å². The van der Waals surface area contributed by atoms with Gasteiger partial charge >= 0.3 is 0 Å². The van der Waals surface area contributed by atoms with Gasteiger partial charge in [-0.3, -0.25) is 0 Å². The second-order valence-corrected chi connectivity index (χ2v) is 6.16. The van der Waals surface area contributed by atoms with Crippen molar-refractivity contribution in [2.75, 3.05) is 14.2 Å². The van der Waals surface area contributed by atoms with Gasteiger partial charge in [-0.1, -0.05) is 34.1 Å². The predicted octanol–water partition coefficient (Wildman–Crippen LogP) is 4.77. The van der Waals surface area contributed by atoms with Crippen LogP contribution in [-0.2, 0) is 0 Å². The third-order valence-electron chi connectivity index (χ3n) is 3.92. The molecule has 0 radical (unpaired) electrons. The smallest absolute Gasteiger partial charge is 0.160 e. The molecule has 2 rings (SSSR count). The monoisotopic (exact) mass is 384 g/mol. The Morgan fingerprint density at radius 1 is 0.958 bits per heavy atom. The van der Waals surface area contributed by atoms with Crippen LogP contribution < -0.4 is 9.47 Å². The van der Waals surface area contributed by atoms with E-state index in [1.54, 1.807) is 20.3 Å². The predicted molar refractivity (Wildman–Crippen MR) is 95.0 cm³/mol. The maximum Gasteiger partial charge on any atom is 0.160 e. The molecule has 2 aromatic rings. The van der Waals surface area contributed by atoms with E-state index in [-0.39, 0.29) is 12.3 Å². The quantitative estimate of drug-likeness (QED) is 0.718. The van der Waals surface area contributed by atoms with E-state index in [1.165, 1.54) is 0 Å². The average Bonchev–Trinajstić information content (AvgIpc) is 2.62. The van der Waals surface area contributed by atoms with Gasteiger partial charge < -0.3 is 9.47 Å². The number of benzene rings is 2. The van der Waals surface area contributed by atoms with Crippen molar-refractivity contribution >= 4 is 15.9 Å². The van der Waals surface area contributed by atoms with Crippen LogP contribution in [-0.4, -0.2) is 14.2 Å². The van der Waals surface area contributed by atoms with Crippen molar-refractivity contribution in [1.29, 1.82) is 10.5 Å². The minimum absolute atomic E-state index is 0.240. The standard InChI is InChI=1S/C19H17BrN2O2/c1-23-18-8-5-14(11-19(18)24-2)16(9-10-21)17(12-22)13-3-6-15(20)7-4-13/h3-8,11,16-17H,9H2,1-2H3/t16-,17+/m1/s1.